The molecule has 0 aromatic rings. The van der Waals surface area contributed by atoms with Crippen molar-refractivity contribution in [3.8, 4) is 0 Å². The highest BCUT2D eigenvalue weighted by molar-refractivity contribution is 5.95. The maximum absolute atomic E-state index is 11.9. The van der Waals surface area contributed by atoms with E-state index in [9.17, 15) is 9.59 Å². The van der Waals surface area contributed by atoms with Gasteiger partial charge in [0.15, 0.2) is 0 Å². The Kier molecular flexibility index (Phi) is 7.54. The van der Waals surface area contributed by atoms with E-state index >= 15 is 0 Å². The van der Waals surface area contributed by atoms with Gasteiger partial charge < -0.3 is 11.1 Å². The van der Waals surface area contributed by atoms with Crippen LogP contribution in [0.5, 0.6) is 0 Å². The Balaban J connectivity index is 2.52. The number of carbonyl (C=O) groups is 2. The minimum Gasteiger partial charge on any atom is -0.338 e. The number of hydrogen-bond donors (Lipinski definition) is 3. The van der Waals surface area contributed by atoms with Crippen molar-refractivity contribution >= 4 is 11.9 Å². The van der Waals surface area contributed by atoms with Gasteiger partial charge in [0.25, 0.3) is 0 Å². The minimum atomic E-state index is -0.424. The Bertz CT molecular complexity index is 322. The van der Waals surface area contributed by atoms with Gasteiger partial charge in [-0.05, 0) is 38.8 Å². The van der Waals surface area contributed by atoms with Crippen LogP contribution in [0.15, 0.2) is 0 Å². The van der Waals surface area contributed by atoms with Crippen LogP contribution in [0.2, 0.25) is 0 Å². The number of nitrogens with two attached hydrogens (primary N) is 1. The second-order valence-corrected chi connectivity index (χ2v) is 5.32. The first-order valence-corrected chi connectivity index (χ1v) is 7.64. The van der Waals surface area contributed by atoms with Gasteiger partial charge in [-0.15, -0.1) is 0 Å². The summed E-state index contributed by atoms with van der Waals surface area (Å²) in [6.45, 7) is 6.09. The van der Waals surface area contributed by atoms with Gasteiger partial charge in [0.2, 0.25) is 5.91 Å². The van der Waals surface area contributed by atoms with Crippen molar-refractivity contribution in [2.24, 2.45) is 11.7 Å². The quantitative estimate of drug-likeness (QED) is 0.669. The Labute approximate surface area is 121 Å². The van der Waals surface area contributed by atoms with Crippen LogP contribution < -0.4 is 16.4 Å². The largest absolute Gasteiger partial charge is 0.338 e. The zero-order chi connectivity index (χ0) is 15.0. The van der Waals surface area contributed by atoms with Gasteiger partial charge in [-0.1, -0.05) is 19.8 Å². The van der Waals surface area contributed by atoms with Crippen molar-refractivity contribution in [3.63, 3.8) is 0 Å². The molecule has 0 spiro atoms. The molecule has 1 saturated carbocycles. The van der Waals surface area contributed by atoms with Gasteiger partial charge in [-0.2, -0.15) is 0 Å². The zero-order valence-electron chi connectivity index (χ0n) is 12.7. The summed E-state index contributed by atoms with van der Waals surface area (Å²) in [6.07, 6.45) is 4.64. The van der Waals surface area contributed by atoms with Crippen molar-refractivity contribution < 1.29 is 9.59 Å². The first kappa shape index (κ1) is 16.9. The zero-order valence-corrected chi connectivity index (χ0v) is 12.7. The Hall–Kier alpha value is -1.14. The average molecular weight is 284 g/mol. The van der Waals surface area contributed by atoms with E-state index in [1.165, 1.54) is 12.8 Å². The molecule has 0 saturated heterocycles. The molecule has 0 aliphatic heterocycles. The number of imide groups is 1. The second-order valence-electron chi connectivity index (χ2n) is 5.32. The third-order valence-corrected chi connectivity index (χ3v) is 3.98. The summed E-state index contributed by atoms with van der Waals surface area (Å²) in [5, 5.41) is 4.91. The number of amides is 3. The molecule has 6 nitrogen and oxygen atoms in total. The van der Waals surface area contributed by atoms with E-state index in [0.29, 0.717) is 25.0 Å². The van der Waals surface area contributed by atoms with Crippen LogP contribution in [0.1, 0.15) is 39.5 Å². The van der Waals surface area contributed by atoms with Crippen LogP contribution in [-0.4, -0.2) is 49.1 Å². The Morgan fingerprint density at radius 1 is 1.25 bits per heavy atom. The lowest BCUT2D eigenvalue weighted by molar-refractivity contribution is -0.122. The maximum atomic E-state index is 11.9. The van der Waals surface area contributed by atoms with Crippen molar-refractivity contribution in [1.29, 1.82) is 0 Å². The standard InChI is InChI=1S/C14H28N4O2/c1-3-16-14(20)17-13(19)10-18(4-2)12-8-6-5-7-11(12)9-15/h11-12H,3-10,15H2,1-2H3,(H2,16,17,19,20). The van der Waals surface area contributed by atoms with E-state index in [-0.39, 0.29) is 12.5 Å². The highest BCUT2D eigenvalue weighted by Crippen LogP contribution is 2.27. The molecule has 1 aliphatic rings. The SMILES string of the molecule is CCNC(=O)NC(=O)CN(CC)C1CCCCC1CN. The fourth-order valence-corrected chi connectivity index (χ4v) is 2.96. The number of rotatable bonds is 6. The van der Waals surface area contributed by atoms with Gasteiger partial charge in [-0.25, -0.2) is 4.79 Å². The second kappa shape index (κ2) is 8.92. The Morgan fingerprint density at radius 3 is 2.55 bits per heavy atom. The van der Waals surface area contributed by atoms with Crippen molar-refractivity contribution in [2.75, 3.05) is 26.2 Å². The normalized spacial score (nSPS) is 22.6. The molecule has 1 fully saturated rings. The molecule has 0 radical (unpaired) electrons. The first-order valence-electron chi connectivity index (χ1n) is 7.64. The molecule has 1 rings (SSSR count). The molecule has 0 bridgehead atoms. The van der Waals surface area contributed by atoms with Gasteiger partial charge in [0.05, 0.1) is 6.54 Å². The fraction of sp³-hybridized carbons (Fsp3) is 0.857. The minimum absolute atomic E-state index is 0.251. The van der Waals surface area contributed by atoms with Crippen LogP contribution in [-0.2, 0) is 4.79 Å². The summed E-state index contributed by atoms with van der Waals surface area (Å²) in [5.41, 5.74) is 5.85. The van der Waals surface area contributed by atoms with E-state index < -0.39 is 6.03 Å². The summed E-state index contributed by atoms with van der Waals surface area (Å²) in [7, 11) is 0. The number of likely N-dealkylation sites (N-methyl/N-ethyl adjacent to an activating group) is 1. The van der Waals surface area contributed by atoms with E-state index in [2.05, 4.69) is 15.5 Å². The molecule has 2 atom stereocenters. The molecule has 116 valence electrons. The van der Waals surface area contributed by atoms with Gasteiger partial charge in [-0.3, -0.25) is 15.0 Å². The van der Waals surface area contributed by atoms with Crippen LogP contribution in [0, 0.1) is 5.92 Å². The highest BCUT2D eigenvalue weighted by atomic mass is 16.2. The summed E-state index contributed by atoms with van der Waals surface area (Å²) >= 11 is 0. The highest BCUT2D eigenvalue weighted by Gasteiger charge is 2.29. The predicted molar refractivity (Wildman–Crippen MR) is 79.3 cm³/mol. The number of nitrogens with one attached hydrogen (secondary N) is 2. The van der Waals surface area contributed by atoms with E-state index in [0.717, 1.165) is 19.4 Å². The lowest BCUT2D eigenvalue weighted by Crippen LogP contribution is -2.50. The first-order chi connectivity index (χ1) is 9.62. The van der Waals surface area contributed by atoms with Gasteiger partial charge in [0, 0.05) is 12.6 Å². The molecule has 0 aromatic carbocycles. The van der Waals surface area contributed by atoms with Gasteiger partial charge in [0.1, 0.15) is 0 Å². The molecule has 6 heteroatoms. The smallest absolute Gasteiger partial charge is 0.321 e. The maximum Gasteiger partial charge on any atom is 0.321 e. The molecular formula is C14H28N4O2. The molecule has 4 N–H and O–H groups in total. The van der Waals surface area contributed by atoms with Crippen LogP contribution >= 0.6 is 0 Å². The van der Waals surface area contributed by atoms with Crippen molar-refractivity contribution in [2.45, 2.75) is 45.6 Å². The molecule has 2 unspecified atom stereocenters. The topological polar surface area (TPSA) is 87.5 Å². The van der Waals surface area contributed by atoms with Crippen molar-refractivity contribution in [3.05, 3.63) is 0 Å². The van der Waals surface area contributed by atoms with E-state index in [1.54, 1.807) is 0 Å². The van der Waals surface area contributed by atoms with E-state index in [4.69, 9.17) is 5.73 Å². The lowest BCUT2D eigenvalue weighted by Gasteiger charge is -2.38. The third kappa shape index (κ3) is 5.09. The molecule has 0 aromatic heterocycles. The third-order valence-electron chi connectivity index (χ3n) is 3.98. The fourth-order valence-electron chi connectivity index (χ4n) is 2.96. The van der Waals surface area contributed by atoms with E-state index in [1.807, 2.05) is 13.8 Å². The average Bonchev–Trinajstić information content (AvgIpc) is 2.45. The lowest BCUT2D eigenvalue weighted by atomic mass is 9.83. The molecular weight excluding hydrogens is 256 g/mol. The van der Waals surface area contributed by atoms with Crippen LogP contribution in [0.3, 0.4) is 0 Å². The van der Waals surface area contributed by atoms with Crippen LogP contribution in [0.25, 0.3) is 0 Å². The summed E-state index contributed by atoms with van der Waals surface area (Å²) < 4.78 is 0. The number of carbonyl (C=O) groups excluding carboxylic acids is 2. The summed E-state index contributed by atoms with van der Waals surface area (Å²) in [4.78, 5) is 25.4. The molecule has 20 heavy (non-hydrogen) atoms. The van der Waals surface area contributed by atoms with Gasteiger partial charge >= 0.3 is 6.03 Å². The number of urea groups is 1. The number of nitrogens with zero attached hydrogens (tertiary/aromatic N) is 1. The van der Waals surface area contributed by atoms with Crippen molar-refractivity contribution in [1.82, 2.24) is 15.5 Å². The Morgan fingerprint density at radius 2 is 1.95 bits per heavy atom. The molecule has 1 aliphatic carbocycles. The number of hydrogen-bond acceptors (Lipinski definition) is 4. The summed E-state index contributed by atoms with van der Waals surface area (Å²) in [5.74, 6) is 0.208. The molecule has 3 amide bonds. The predicted octanol–water partition coefficient (Wildman–Crippen LogP) is 0.672. The molecule has 0 heterocycles. The monoisotopic (exact) mass is 284 g/mol. The summed E-state index contributed by atoms with van der Waals surface area (Å²) in [6, 6.07) is -0.0636. The van der Waals surface area contributed by atoms with Crippen LogP contribution in [0.4, 0.5) is 4.79 Å².